The second-order valence-electron chi connectivity index (χ2n) is 4.73. The van der Waals surface area contributed by atoms with Crippen molar-refractivity contribution in [2.75, 3.05) is 19.0 Å². The molecule has 104 valence electrons. The molecule has 0 radical (unpaired) electrons. The van der Waals surface area contributed by atoms with Crippen LogP contribution in [0.25, 0.3) is 0 Å². The second-order valence-corrected chi connectivity index (χ2v) is 4.73. The fraction of sp³-hybridized carbons (Fsp3) is 0.500. The molecule has 1 aliphatic rings. The number of carboxylic acids is 1. The van der Waals surface area contributed by atoms with E-state index < -0.39 is 11.5 Å². The molecule has 0 aromatic heterocycles. The Kier molecular flexibility index (Phi) is 3.95. The Bertz CT molecular complexity index is 437. The van der Waals surface area contributed by atoms with Gasteiger partial charge in [-0.25, -0.2) is 4.79 Å². The smallest absolute Gasteiger partial charge is 0.329 e. The normalized spacial score (nSPS) is 25.5. The highest BCUT2D eigenvalue weighted by atomic mass is 16.5. The number of ether oxygens (including phenoxy) is 2. The van der Waals surface area contributed by atoms with E-state index >= 15 is 0 Å². The van der Waals surface area contributed by atoms with Crippen molar-refractivity contribution in [3.05, 3.63) is 24.3 Å². The maximum Gasteiger partial charge on any atom is 0.329 e. The third kappa shape index (κ3) is 2.81. The van der Waals surface area contributed by atoms with Crippen LogP contribution in [0.15, 0.2) is 24.3 Å². The van der Waals surface area contributed by atoms with Crippen molar-refractivity contribution < 1.29 is 19.4 Å². The molecular weight excluding hydrogens is 246 g/mol. The van der Waals surface area contributed by atoms with E-state index in [1.807, 2.05) is 19.1 Å². The van der Waals surface area contributed by atoms with Crippen LogP contribution in [0, 0.1) is 0 Å². The predicted molar refractivity (Wildman–Crippen MR) is 71.6 cm³/mol. The average molecular weight is 265 g/mol. The summed E-state index contributed by atoms with van der Waals surface area (Å²) in [6.07, 6.45) is 1.01. The van der Waals surface area contributed by atoms with Gasteiger partial charge >= 0.3 is 5.97 Å². The topological polar surface area (TPSA) is 67.8 Å². The standard InChI is InChI=1S/C14H19NO4/c1-3-19-12-8-14(9-12,13(16)17)15-10-4-6-11(18-2)7-5-10/h4-7,12,15H,3,8-9H2,1-2H3,(H,16,17). The molecule has 0 bridgehead atoms. The van der Waals surface area contributed by atoms with Crippen LogP contribution in [0.3, 0.4) is 0 Å². The fourth-order valence-electron chi connectivity index (χ4n) is 2.35. The van der Waals surface area contributed by atoms with Crippen LogP contribution >= 0.6 is 0 Å². The Labute approximate surface area is 112 Å². The minimum absolute atomic E-state index is 0.0341. The zero-order valence-corrected chi connectivity index (χ0v) is 11.2. The number of carbonyl (C=O) groups is 1. The maximum atomic E-state index is 11.4. The highest BCUT2D eigenvalue weighted by molar-refractivity contribution is 5.84. The van der Waals surface area contributed by atoms with Crippen LogP contribution in [0.5, 0.6) is 5.75 Å². The van der Waals surface area contributed by atoms with Crippen molar-refractivity contribution >= 4 is 11.7 Å². The van der Waals surface area contributed by atoms with E-state index in [1.165, 1.54) is 0 Å². The third-order valence-electron chi connectivity index (χ3n) is 3.44. The van der Waals surface area contributed by atoms with Gasteiger partial charge in [0.05, 0.1) is 13.2 Å². The first-order valence-electron chi connectivity index (χ1n) is 6.37. The molecule has 1 fully saturated rings. The van der Waals surface area contributed by atoms with E-state index in [1.54, 1.807) is 19.2 Å². The summed E-state index contributed by atoms with van der Waals surface area (Å²) in [6.45, 7) is 2.53. The Hall–Kier alpha value is -1.75. The molecular formula is C14H19NO4. The summed E-state index contributed by atoms with van der Waals surface area (Å²) in [4.78, 5) is 11.4. The van der Waals surface area contributed by atoms with Gasteiger partial charge < -0.3 is 19.9 Å². The van der Waals surface area contributed by atoms with Gasteiger partial charge in [-0.3, -0.25) is 0 Å². The molecule has 0 unspecified atom stereocenters. The quantitative estimate of drug-likeness (QED) is 0.824. The summed E-state index contributed by atoms with van der Waals surface area (Å²) in [5.41, 5.74) is -0.132. The number of hydrogen-bond donors (Lipinski definition) is 2. The number of hydrogen-bond acceptors (Lipinski definition) is 4. The van der Waals surface area contributed by atoms with Gasteiger partial charge in [0, 0.05) is 25.1 Å². The molecule has 0 spiro atoms. The van der Waals surface area contributed by atoms with E-state index in [-0.39, 0.29) is 6.10 Å². The second kappa shape index (κ2) is 5.48. The van der Waals surface area contributed by atoms with Crippen LogP contribution in [0.2, 0.25) is 0 Å². The highest BCUT2D eigenvalue weighted by Gasteiger charge is 2.51. The molecule has 1 aromatic carbocycles. The van der Waals surface area contributed by atoms with E-state index in [4.69, 9.17) is 9.47 Å². The van der Waals surface area contributed by atoms with Gasteiger partial charge in [-0.2, -0.15) is 0 Å². The van der Waals surface area contributed by atoms with Crippen LogP contribution in [-0.2, 0) is 9.53 Å². The lowest BCUT2D eigenvalue weighted by molar-refractivity contribution is -0.152. The van der Waals surface area contributed by atoms with Gasteiger partial charge in [0.1, 0.15) is 11.3 Å². The maximum absolute atomic E-state index is 11.4. The number of rotatable bonds is 6. The molecule has 19 heavy (non-hydrogen) atoms. The van der Waals surface area contributed by atoms with Crippen molar-refractivity contribution in [3.8, 4) is 5.75 Å². The molecule has 2 N–H and O–H groups in total. The van der Waals surface area contributed by atoms with Crippen molar-refractivity contribution in [2.45, 2.75) is 31.4 Å². The Morgan fingerprint density at radius 2 is 2.05 bits per heavy atom. The Balaban J connectivity index is 2.03. The number of anilines is 1. The van der Waals surface area contributed by atoms with Crippen LogP contribution < -0.4 is 10.1 Å². The SMILES string of the molecule is CCOC1CC(Nc2ccc(OC)cc2)(C(=O)O)C1. The van der Waals surface area contributed by atoms with Gasteiger partial charge in [-0.1, -0.05) is 0 Å². The molecule has 0 saturated heterocycles. The first-order chi connectivity index (χ1) is 9.09. The number of nitrogens with one attached hydrogen (secondary N) is 1. The molecule has 1 saturated carbocycles. The number of carboxylic acid groups (broad SMARTS) is 1. The number of benzene rings is 1. The molecule has 2 rings (SSSR count). The summed E-state index contributed by atoms with van der Waals surface area (Å²) in [5.74, 6) is -0.0880. The van der Waals surface area contributed by atoms with Gasteiger partial charge in [-0.05, 0) is 31.2 Å². The summed E-state index contributed by atoms with van der Waals surface area (Å²) < 4.78 is 10.5. The van der Waals surface area contributed by atoms with Crippen molar-refractivity contribution in [2.24, 2.45) is 0 Å². The largest absolute Gasteiger partial charge is 0.497 e. The van der Waals surface area contributed by atoms with Crippen molar-refractivity contribution in [3.63, 3.8) is 0 Å². The van der Waals surface area contributed by atoms with Gasteiger partial charge in [0.25, 0.3) is 0 Å². The molecule has 0 heterocycles. The van der Waals surface area contributed by atoms with Crippen LogP contribution in [0.4, 0.5) is 5.69 Å². The van der Waals surface area contributed by atoms with E-state index in [9.17, 15) is 9.90 Å². The van der Waals surface area contributed by atoms with Crippen molar-refractivity contribution in [1.29, 1.82) is 0 Å². The van der Waals surface area contributed by atoms with Gasteiger partial charge in [0.2, 0.25) is 0 Å². The average Bonchev–Trinajstić information content (AvgIpc) is 2.36. The Morgan fingerprint density at radius 3 is 2.53 bits per heavy atom. The third-order valence-corrected chi connectivity index (χ3v) is 3.44. The molecule has 0 atom stereocenters. The van der Waals surface area contributed by atoms with Gasteiger partial charge in [0.15, 0.2) is 0 Å². The Morgan fingerprint density at radius 1 is 1.42 bits per heavy atom. The number of aliphatic carboxylic acids is 1. The number of methoxy groups -OCH3 is 1. The summed E-state index contributed by atoms with van der Waals surface area (Å²) in [6, 6.07) is 7.24. The first-order valence-corrected chi connectivity index (χ1v) is 6.37. The lowest BCUT2D eigenvalue weighted by Crippen LogP contribution is -2.59. The minimum Gasteiger partial charge on any atom is -0.497 e. The monoisotopic (exact) mass is 265 g/mol. The predicted octanol–water partition coefficient (Wildman–Crippen LogP) is 2.13. The highest BCUT2D eigenvalue weighted by Crippen LogP contribution is 2.38. The van der Waals surface area contributed by atoms with Crippen molar-refractivity contribution in [1.82, 2.24) is 0 Å². The lowest BCUT2D eigenvalue weighted by atomic mass is 9.74. The molecule has 0 aliphatic heterocycles. The van der Waals surface area contributed by atoms with E-state index in [2.05, 4.69) is 5.32 Å². The fourth-order valence-corrected chi connectivity index (χ4v) is 2.35. The molecule has 1 aromatic rings. The summed E-state index contributed by atoms with van der Waals surface area (Å²) >= 11 is 0. The lowest BCUT2D eigenvalue weighted by Gasteiger charge is -2.44. The van der Waals surface area contributed by atoms with E-state index in [0.29, 0.717) is 19.4 Å². The zero-order valence-electron chi connectivity index (χ0n) is 11.2. The molecule has 5 heteroatoms. The van der Waals surface area contributed by atoms with Gasteiger partial charge in [-0.15, -0.1) is 0 Å². The summed E-state index contributed by atoms with van der Waals surface area (Å²) in [5, 5.41) is 12.5. The van der Waals surface area contributed by atoms with Crippen LogP contribution in [-0.4, -0.2) is 36.4 Å². The zero-order chi connectivity index (χ0) is 13.9. The molecule has 5 nitrogen and oxygen atoms in total. The van der Waals surface area contributed by atoms with E-state index in [0.717, 1.165) is 11.4 Å². The first kappa shape index (κ1) is 13.7. The minimum atomic E-state index is -0.908. The molecule has 0 amide bonds. The summed E-state index contributed by atoms with van der Waals surface area (Å²) in [7, 11) is 1.60. The van der Waals surface area contributed by atoms with Crippen LogP contribution in [0.1, 0.15) is 19.8 Å². The molecule has 1 aliphatic carbocycles.